The molecule has 0 aliphatic carbocycles. The molecule has 1 atom stereocenters. The van der Waals surface area contributed by atoms with E-state index < -0.39 is 0 Å². The Hall–Kier alpha value is -1.59. The third-order valence-electron chi connectivity index (χ3n) is 2.29. The lowest BCUT2D eigenvalue weighted by Gasteiger charge is -1.95. The molecule has 1 aromatic heterocycles. The summed E-state index contributed by atoms with van der Waals surface area (Å²) < 4.78 is 0. The van der Waals surface area contributed by atoms with E-state index in [9.17, 15) is 0 Å². The van der Waals surface area contributed by atoms with Crippen LogP contribution >= 0.6 is 11.3 Å². The van der Waals surface area contributed by atoms with Crippen molar-refractivity contribution in [3.8, 4) is 10.4 Å². The third-order valence-corrected chi connectivity index (χ3v) is 3.60. The number of hydrogen-bond donors (Lipinski definition) is 0. The van der Waals surface area contributed by atoms with E-state index in [1.54, 1.807) is 11.3 Å². The fourth-order valence-electron chi connectivity index (χ4n) is 1.40. The molecule has 2 aromatic rings. The molecule has 0 spiro atoms. The zero-order valence-corrected chi connectivity index (χ0v) is 9.29. The van der Waals surface area contributed by atoms with E-state index in [4.69, 9.17) is 6.57 Å². The summed E-state index contributed by atoms with van der Waals surface area (Å²) in [4.78, 5) is 5.91. The quantitative estimate of drug-likeness (QED) is 0.651. The van der Waals surface area contributed by atoms with Crippen molar-refractivity contribution in [2.45, 2.75) is 13.0 Å². The largest absolute Gasteiger partial charge is 0.308 e. The van der Waals surface area contributed by atoms with Crippen molar-refractivity contribution in [1.82, 2.24) is 0 Å². The fraction of sp³-hybridized carbons (Fsp3) is 0.154. The molecule has 0 fully saturated rings. The van der Waals surface area contributed by atoms with Gasteiger partial charge in [0.25, 0.3) is 6.04 Å². The molecule has 0 saturated heterocycles. The molecular formula is C13H11NS. The van der Waals surface area contributed by atoms with E-state index in [0.29, 0.717) is 0 Å². The van der Waals surface area contributed by atoms with Gasteiger partial charge in [0.05, 0.1) is 4.88 Å². The molecule has 0 N–H and O–H groups in total. The van der Waals surface area contributed by atoms with Gasteiger partial charge in [-0.1, -0.05) is 30.3 Å². The summed E-state index contributed by atoms with van der Waals surface area (Å²) in [5.41, 5.74) is 1.23. The highest BCUT2D eigenvalue weighted by molar-refractivity contribution is 7.15. The lowest BCUT2D eigenvalue weighted by Crippen LogP contribution is -1.77. The normalized spacial score (nSPS) is 12.0. The highest BCUT2D eigenvalue weighted by Crippen LogP contribution is 2.32. The van der Waals surface area contributed by atoms with Gasteiger partial charge >= 0.3 is 0 Å². The van der Waals surface area contributed by atoms with Crippen LogP contribution in [0.5, 0.6) is 0 Å². The first-order valence-electron chi connectivity index (χ1n) is 4.83. The van der Waals surface area contributed by atoms with Crippen LogP contribution in [0.15, 0.2) is 42.5 Å². The molecule has 1 nitrogen and oxygen atoms in total. The van der Waals surface area contributed by atoms with Crippen molar-refractivity contribution in [1.29, 1.82) is 0 Å². The van der Waals surface area contributed by atoms with Crippen molar-refractivity contribution >= 4 is 11.3 Å². The summed E-state index contributed by atoms with van der Waals surface area (Å²) in [7, 11) is 0. The lowest BCUT2D eigenvalue weighted by molar-refractivity contribution is 0.991. The van der Waals surface area contributed by atoms with Gasteiger partial charge in [0.15, 0.2) is 0 Å². The molecule has 0 aliphatic rings. The number of hydrogen-bond acceptors (Lipinski definition) is 1. The lowest BCUT2D eigenvalue weighted by atomic mass is 10.2. The second kappa shape index (κ2) is 4.29. The molecule has 15 heavy (non-hydrogen) atoms. The standard InChI is InChI=1S/C13H11NS/c1-10(14-2)12-8-9-13(15-12)11-6-4-3-5-7-11/h3-10H,1H3. The Morgan fingerprint density at radius 3 is 2.53 bits per heavy atom. The molecule has 0 amide bonds. The second-order valence-electron chi connectivity index (χ2n) is 3.37. The van der Waals surface area contributed by atoms with E-state index in [1.165, 1.54) is 10.4 Å². The number of rotatable bonds is 2. The maximum atomic E-state index is 6.99. The molecule has 2 rings (SSSR count). The van der Waals surface area contributed by atoms with Gasteiger partial charge < -0.3 is 4.85 Å². The Morgan fingerprint density at radius 2 is 1.87 bits per heavy atom. The predicted octanol–water partition coefficient (Wildman–Crippen LogP) is 4.40. The van der Waals surface area contributed by atoms with Crippen molar-refractivity contribution in [3.05, 3.63) is 58.8 Å². The Labute approximate surface area is 93.8 Å². The minimum atomic E-state index is -0.0209. The van der Waals surface area contributed by atoms with E-state index in [0.717, 1.165) is 4.88 Å². The van der Waals surface area contributed by atoms with Gasteiger partial charge in [0.2, 0.25) is 0 Å². The zero-order valence-electron chi connectivity index (χ0n) is 8.47. The van der Waals surface area contributed by atoms with E-state index in [1.807, 2.05) is 25.1 Å². The minimum absolute atomic E-state index is 0.0209. The van der Waals surface area contributed by atoms with Crippen molar-refractivity contribution in [3.63, 3.8) is 0 Å². The first kappa shape index (κ1) is 9.95. The summed E-state index contributed by atoms with van der Waals surface area (Å²) in [6.45, 7) is 8.93. The third kappa shape index (κ3) is 2.08. The molecule has 0 saturated carbocycles. The Balaban J connectivity index is 2.33. The molecule has 1 heterocycles. The topological polar surface area (TPSA) is 4.36 Å². The monoisotopic (exact) mass is 213 g/mol. The molecule has 0 radical (unpaired) electrons. The molecule has 1 unspecified atom stereocenters. The average Bonchev–Trinajstić information content (AvgIpc) is 2.78. The van der Waals surface area contributed by atoms with E-state index >= 15 is 0 Å². The van der Waals surface area contributed by atoms with Crippen LogP contribution < -0.4 is 0 Å². The van der Waals surface area contributed by atoms with E-state index in [-0.39, 0.29) is 6.04 Å². The maximum absolute atomic E-state index is 6.99. The minimum Gasteiger partial charge on any atom is -0.308 e. The highest BCUT2D eigenvalue weighted by Gasteiger charge is 2.11. The zero-order chi connectivity index (χ0) is 10.7. The number of benzene rings is 1. The first-order valence-corrected chi connectivity index (χ1v) is 5.64. The van der Waals surface area contributed by atoms with Gasteiger partial charge in [-0.2, -0.15) is 0 Å². The fourth-order valence-corrected chi connectivity index (χ4v) is 2.40. The maximum Gasteiger partial charge on any atom is 0.254 e. The molecule has 1 aromatic carbocycles. The molecular weight excluding hydrogens is 202 g/mol. The molecule has 2 heteroatoms. The van der Waals surface area contributed by atoms with Crippen LogP contribution in [0.25, 0.3) is 15.3 Å². The average molecular weight is 213 g/mol. The molecule has 0 bridgehead atoms. The van der Waals surface area contributed by atoms with Gasteiger partial charge in [-0.3, -0.25) is 0 Å². The summed E-state index contributed by atoms with van der Waals surface area (Å²) in [6, 6.07) is 14.4. The Morgan fingerprint density at radius 1 is 1.13 bits per heavy atom. The smallest absolute Gasteiger partial charge is 0.254 e. The van der Waals surface area contributed by atoms with Crippen LogP contribution in [0.2, 0.25) is 0 Å². The van der Waals surface area contributed by atoms with Crippen LogP contribution in [0.1, 0.15) is 17.8 Å². The van der Waals surface area contributed by atoms with Gasteiger partial charge in [-0.05, 0) is 17.7 Å². The number of nitrogens with zero attached hydrogens (tertiary/aromatic N) is 1. The van der Waals surface area contributed by atoms with Crippen LogP contribution in [0, 0.1) is 6.57 Å². The first-order chi connectivity index (χ1) is 7.31. The summed E-state index contributed by atoms with van der Waals surface area (Å²) in [5.74, 6) is 0. The summed E-state index contributed by atoms with van der Waals surface area (Å²) >= 11 is 1.70. The highest BCUT2D eigenvalue weighted by atomic mass is 32.1. The van der Waals surface area contributed by atoms with Crippen LogP contribution in [0.3, 0.4) is 0 Å². The number of thiophene rings is 1. The summed E-state index contributed by atoms with van der Waals surface area (Å²) in [5, 5.41) is 0. The second-order valence-corrected chi connectivity index (χ2v) is 4.49. The van der Waals surface area contributed by atoms with Crippen LogP contribution in [-0.2, 0) is 0 Å². The van der Waals surface area contributed by atoms with Crippen LogP contribution in [-0.4, -0.2) is 0 Å². The van der Waals surface area contributed by atoms with Crippen LogP contribution in [0.4, 0.5) is 0 Å². The Bertz CT molecular complexity index is 479. The van der Waals surface area contributed by atoms with Crippen molar-refractivity contribution < 1.29 is 0 Å². The Kier molecular flexibility index (Phi) is 2.84. The van der Waals surface area contributed by atoms with E-state index in [2.05, 4.69) is 29.1 Å². The predicted molar refractivity (Wildman–Crippen MR) is 64.8 cm³/mol. The SMILES string of the molecule is [C-]#[N+]C(C)c1ccc(-c2ccccc2)s1. The van der Waals surface area contributed by atoms with Gasteiger partial charge in [-0.25, -0.2) is 6.57 Å². The van der Waals surface area contributed by atoms with Gasteiger partial charge in [0, 0.05) is 11.8 Å². The van der Waals surface area contributed by atoms with Gasteiger partial charge in [-0.15, -0.1) is 11.3 Å². The van der Waals surface area contributed by atoms with Gasteiger partial charge in [0.1, 0.15) is 0 Å². The molecule has 0 aliphatic heterocycles. The molecule has 74 valence electrons. The summed E-state index contributed by atoms with van der Waals surface area (Å²) in [6.07, 6.45) is 0. The van der Waals surface area contributed by atoms with Crippen molar-refractivity contribution in [2.75, 3.05) is 0 Å². The van der Waals surface area contributed by atoms with Crippen molar-refractivity contribution in [2.24, 2.45) is 0 Å².